The van der Waals surface area contributed by atoms with Crippen molar-refractivity contribution in [2.75, 3.05) is 0 Å². The van der Waals surface area contributed by atoms with Crippen LogP contribution in [0.15, 0.2) is 28.8 Å². The third-order valence-corrected chi connectivity index (χ3v) is 6.83. The normalized spacial score (nSPS) is 38.0. The third-order valence-electron chi connectivity index (χ3n) is 6.83. The van der Waals surface area contributed by atoms with Crippen LogP contribution in [0, 0.1) is 16.7 Å². The van der Waals surface area contributed by atoms with Crippen molar-refractivity contribution in [2.45, 2.75) is 64.5 Å². The molecule has 4 aliphatic rings. The fourth-order valence-corrected chi connectivity index (χ4v) is 6.96. The van der Waals surface area contributed by atoms with Crippen molar-refractivity contribution in [1.82, 2.24) is 15.5 Å². The first-order valence-corrected chi connectivity index (χ1v) is 9.72. The highest BCUT2D eigenvalue weighted by Gasteiger charge is 2.59. The van der Waals surface area contributed by atoms with Crippen LogP contribution in [0.5, 0.6) is 5.75 Å². The SMILES string of the molecule is C[C@]12CC3CC(NCc4nc(-c5ccc(O)cc5)no4)(C1)C[C@@](C)(C3)C2. The van der Waals surface area contributed by atoms with Crippen LogP contribution in [-0.2, 0) is 6.54 Å². The van der Waals surface area contributed by atoms with Gasteiger partial charge in [0.1, 0.15) is 5.75 Å². The maximum Gasteiger partial charge on any atom is 0.240 e. The second-order valence-electron chi connectivity index (χ2n) is 9.82. The van der Waals surface area contributed by atoms with Crippen LogP contribution >= 0.6 is 0 Å². The van der Waals surface area contributed by atoms with E-state index >= 15 is 0 Å². The van der Waals surface area contributed by atoms with E-state index in [9.17, 15) is 5.11 Å². The van der Waals surface area contributed by atoms with Gasteiger partial charge < -0.3 is 14.9 Å². The van der Waals surface area contributed by atoms with Crippen LogP contribution in [0.3, 0.4) is 0 Å². The van der Waals surface area contributed by atoms with E-state index in [0.29, 0.717) is 29.1 Å². The molecule has 6 rings (SSSR count). The first-order chi connectivity index (χ1) is 12.3. The van der Waals surface area contributed by atoms with E-state index < -0.39 is 0 Å². The Kier molecular flexibility index (Phi) is 3.34. The summed E-state index contributed by atoms with van der Waals surface area (Å²) in [6.45, 7) is 5.60. The first-order valence-electron chi connectivity index (χ1n) is 9.72. The topological polar surface area (TPSA) is 71.2 Å². The maximum atomic E-state index is 9.41. The molecular formula is C21H27N3O2. The van der Waals surface area contributed by atoms with Gasteiger partial charge in [0.25, 0.3) is 0 Å². The summed E-state index contributed by atoms with van der Waals surface area (Å²) in [4.78, 5) is 4.54. The molecule has 1 aromatic heterocycles. The number of nitrogens with zero attached hydrogens (tertiary/aromatic N) is 2. The number of hydrogen-bond donors (Lipinski definition) is 2. The van der Waals surface area contributed by atoms with Crippen LogP contribution in [-0.4, -0.2) is 20.8 Å². The molecule has 0 radical (unpaired) electrons. The highest BCUT2D eigenvalue weighted by atomic mass is 16.5. The minimum atomic E-state index is 0.232. The molecule has 26 heavy (non-hydrogen) atoms. The number of hydrogen-bond acceptors (Lipinski definition) is 5. The third kappa shape index (κ3) is 2.73. The molecule has 0 spiro atoms. The summed E-state index contributed by atoms with van der Waals surface area (Å²) in [5, 5.41) is 17.3. The van der Waals surface area contributed by atoms with Crippen molar-refractivity contribution in [1.29, 1.82) is 0 Å². The number of phenolic OH excluding ortho intramolecular Hbond substituents is 1. The minimum absolute atomic E-state index is 0.232. The molecule has 2 unspecified atom stereocenters. The zero-order valence-electron chi connectivity index (χ0n) is 15.6. The predicted molar refractivity (Wildman–Crippen MR) is 98.4 cm³/mol. The highest BCUT2D eigenvalue weighted by Crippen LogP contribution is 2.66. The molecule has 0 amide bonds. The zero-order valence-corrected chi connectivity index (χ0v) is 15.6. The Morgan fingerprint density at radius 1 is 1.08 bits per heavy atom. The van der Waals surface area contributed by atoms with Gasteiger partial charge in [-0.1, -0.05) is 19.0 Å². The smallest absolute Gasteiger partial charge is 0.240 e. The Bertz CT molecular complexity index is 810. The van der Waals surface area contributed by atoms with Crippen LogP contribution in [0.2, 0.25) is 0 Å². The van der Waals surface area contributed by atoms with E-state index in [1.807, 2.05) is 0 Å². The summed E-state index contributed by atoms with van der Waals surface area (Å²) in [5.41, 5.74) is 2.07. The average Bonchev–Trinajstić information content (AvgIpc) is 2.99. The lowest BCUT2D eigenvalue weighted by Crippen LogP contribution is -2.63. The van der Waals surface area contributed by atoms with E-state index in [4.69, 9.17) is 4.52 Å². The van der Waals surface area contributed by atoms with Gasteiger partial charge in [-0.15, -0.1) is 0 Å². The second kappa shape index (κ2) is 5.32. The minimum Gasteiger partial charge on any atom is -0.508 e. The molecule has 4 aliphatic carbocycles. The van der Waals surface area contributed by atoms with Crippen LogP contribution in [0.1, 0.15) is 58.3 Å². The van der Waals surface area contributed by atoms with Crippen molar-refractivity contribution in [3.63, 3.8) is 0 Å². The second-order valence-corrected chi connectivity index (χ2v) is 9.82. The van der Waals surface area contributed by atoms with Crippen molar-refractivity contribution in [2.24, 2.45) is 16.7 Å². The Morgan fingerprint density at radius 2 is 1.77 bits per heavy atom. The predicted octanol–water partition coefficient (Wildman–Crippen LogP) is 4.28. The van der Waals surface area contributed by atoms with E-state index in [0.717, 1.165) is 11.5 Å². The monoisotopic (exact) mass is 353 g/mol. The lowest BCUT2D eigenvalue weighted by molar-refractivity contribution is -0.118. The summed E-state index contributed by atoms with van der Waals surface area (Å²) >= 11 is 0. The quantitative estimate of drug-likeness (QED) is 0.858. The Balaban J connectivity index is 1.32. The molecule has 0 saturated heterocycles. The van der Waals surface area contributed by atoms with Crippen LogP contribution in [0.25, 0.3) is 11.4 Å². The van der Waals surface area contributed by atoms with Crippen molar-refractivity contribution in [3.05, 3.63) is 30.2 Å². The Morgan fingerprint density at radius 3 is 2.42 bits per heavy atom. The van der Waals surface area contributed by atoms with Crippen LogP contribution < -0.4 is 5.32 Å². The summed E-state index contributed by atoms with van der Waals surface area (Å²) in [6.07, 6.45) is 8.01. The van der Waals surface area contributed by atoms with Crippen molar-refractivity contribution in [3.8, 4) is 17.1 Å². The summed E-state index contributed by atoms with van der Waals surface area (Å²) < 4.78 is 5.48. The number of phenols is 1. The lowest BCUT2D eigenvalue weighted by Gasteiger charge is -2.65. The van der Waals surface area contributed by atoms with Gasteiger partial charge in [-0.3, -0.25) is 0 Å². The number of aromatic nitrogens is 2. The molecule has 1 aromatic carbocycles. The summed E-state index contributed by atoms with van der Waals surface area (Å²) in [7, 11) is 0. The molecule has 2 aromatic rings. The number of aromatic hydroxyl groups is 1. The first kappa shape index (κ1) is 16.3. The van der Waals surface area contributed by atoms with Gasteiger partial charge in [0.05, 0.1) is 6.54 Å². The molecule has 4 saturated carbocycles. The van der Waals surface area contributed by atoms with Gasteiger partial charge in [0.2, 0.25) is 11.7 Å². The number of nitrogens with one attached hydrogen (secondary N) is 1. The standard InChI is InChI=1S/C21H27N3O2/c1-19-7-14-8-20(2,11-19)13-21(9-14,12-19)22-10-17-23-18(24-26-17)15-3-5-16(25)6-4-15/h3-6,14,22,25H,7-13H2,1-2H3/t14?,19-,20+,21?. The Labute approximate surface area is 154 Å². The van der Waals surface area contributed by atoms with E-state index in [1.54, 1.807) is 24.3 Å². The molecule has 4 fully saturated rings. The summed E-state index contributed by atoms with van der Waals surface area (Å²) in [6, 6.07) is 6.89. The molecular weight excluding hydrogens is 326 g/mol. The van der Waals surface area contributed by atoms with Crippen molar-refractivity contribution >= 4 is 0 Å². The molecule has 5 nitrogen and oxygen atoms in total. The highest BCUT2D eigenvalue weighted by molar-refractivity contribution is 5.55. The van der Waals surface area contributed by atoms with Crippen LogP contribution in [0.4, 0.5) is 0 Å². The van der Waals surface area contributed by atoms with Gasteiger partial charge in [-0.2, -0.15) is 4.98 Å². The Hall–Kier alpha value is -1.88. The van der Waals surface area contributed by atoms with E-state index in [-0.39, 0.29) is 11.3 Å². The van der Waals surface area contributed by atoms with E-state index in [1.165, 1.54) is 38.5 Å². The van der Waals surface area contributed by atoms with Gasteiger partial charge in [0, 0.05) is 11.1 Å². The van der Waals surface area contributed by atoms with E-state index in [2.05, 4.69) is 29.3 Å². The molecule has 5 heteroatoms. The van der Waals surface area contributed by atoms with Gasteiger partial charge >= 0.3 is 0 Å². The molecule has 4 atom stereocenters. The number of rotatable bonds is 4. The van der Waals surface area contributed by atoms with Gasteiger partial charge in [-0.25, -0.2) is 0 Å². The zero-order chi connectivity index (χ0) is 18.0. The van der Waals surface area contributed by atoms with Gasteiger partial charge in [-0.05, 0) is 79.5 Å². The molecule has 138 valence electrons. The molecule has 1 heterocycles. The molecule has 4 bridgehead atoms. The largest absolute Gasteiger partial charge is 0.508 e. The lowest BCUT2D eigenvalue weighted by atomic mass is 9.43. The molecule has 0 aliphatic heterocycles. The summed E-state index contributed by atoms with van der Waals surface area (Å²) in [5.74, 6) is 2.32. The molecule has 2 N–H and O–H groups in total. The fourth-order valence-electron chi connectivity index (χ4n) is 6.96. The van der Waals surface area contributed by atoms with Gasteiger partial charge in [0.15, 0.2) is 0 Å². The number of benzene rings is 1. The maximum absolute atomic E-state index is 9.41. The fraction of sp³-hybridized carbons (Fsp3) is 0.619. The average molecular weight is 353 g/mol. The van der Waals surface area contributed by atoms with Crippen molar-refractivity contribution < 1.29 is 9.63 Å².